The Morgan fingerprint density at radius 3 is 1.09 bits per heavy atom. The van der Waals surface area contributed by atoms with E-state index < -0.39 is 36.2 Å². The fraction of sp³-hybridized carbons (Fsp3) is 0.800. The van der Waals surface area contributed by atoms with E-state index in [-0.39, 0.29) is 35.6 Å². The van der Waals surface area contributed by atoms with E-state index in [0.717, 1.165) is 25.8 Å². The molecule has 6 aliphatic heterocycles. The molecule has 6 heterocycles. The van der Waals surface area contributed by atoms with Gasteiger partial charge in [-0.25, -0.2) is 4.79 Å². The van der Waals surface area contributed by atoms with E-state index in [4.69, 9.17) is 0 Å². The smallest absolute Gasteiger partial charge is 0.326 e. The molecule has 236 valence electrons. The number of carboxylic acid groups (broad SMARTS) is 1. The van der Waals surface area contributed by atoms with Crippen LogP contribution in [0.25, 0.3) is 0 Å². The van der Waals surface area contributed by atoms with Crippen LogP contribution in [-0.4, -0.2) is 141 Å². The summed E-state index contributed by atoms with van der Waals surface area (Å²) in [5.41, 5.74) is 0. The van der Waals surface area contributed by atoms with E-state index in [1.54, 1.807) is 19.6 Å². The number of carboxylic acids is 1. The predicted molar refractivity (Wildman–Crippen MR) is 152 cm³/mol. The molecule has 6 rings (SSSR count). The van der Waals surface area contributed by atoms with Crippen molar-refractivity contribution in [2.75, 3.05) is 39.3 Å². The van der Waals surface area contributed by atoms with E-state index in [1.807, 2.05) is 0 Å². The van der Waals surface area contributed by atoms with Gasteiger partial charge in [0.25, 0.3) is 0 Å². The first-order valence-corrected chi connectivity index (χ1v) is 16.3. The number of carbonyl (C=O) groups is 6. The first-order valence-electron chi connectivity index (χ1n) is 16.3. The number of aliphatic carboxylic acids is 1. The fourth-order valence-electron chi connectivity index (χ4n) is 8.30. The zero-order valence-electron chi connectivity index (χ0n) is 24.8. The van der Waals surface area contributed by atoms with Gasteiger partial charge in [0.15, 0.2) is 0 Å². The maximum atomic E-state index is 14.0. The highest BCUT2D eigenvalue weighted by Crippen LogP contribution is 2.32. The van der Waals surface area contributed by atoms with Crippen LogP contribution in [0.3, 0.4) is 0 Å². The van der Waals surface area contributed by atoms with Crippen LogP contribution in [0.1, 0.15) is 77.0 Å². The van der Waals surface area contributed by atoms with E-state index in [1.165, 1.54) is 4.90 Å². The van der Waals surface area contributed by atoms with Crippen molar-refractivity contribution in [2.45, 2.75) is 113 Å². The standard InChI is InChI=1S/C30H44N6O7/c37-25(19-7-1-13-31-19)32-14-2-8-20(32)26(38)33-15-3-9-21(33)27(39)34-16-4-10-22(34)28(40)35-17-5-11-23(35)29(41)36-18-6-12-24(36)30(42)43/h19-24,31H,1-18H2,(H,42,43)/t19-,20-,21-,22-,23-,24-/m0/s1. The summed E-state index contributed by atoms with van der Waals surface area (Å²) in [6, 6.07) is -3.75. The molecule has 0 unspecified atom stereocenters. The summed E-state index contributed by atoms with van der Waals surface area (Å²) in [6.45, 7) is 2.97. The molecule has 6 atom stereocenters. The largest absolute Gasteiger partial charge is 0.480 e. The number of rotatable bonds is 6. The molecule has 2 N–H and O–H groups in total. The summed E-state index contributed by atoms with van der Waals surface area (Å²) >= 11 is 0. The minimum Gasteiger partial charge on any atom is -0.480 e. The number of nitrogens with zero attached hydrogens (tertiary/aromatic N) is 5. The van der Waals surface area contributed by atoms with Crippen LogP contribution in [0.5, 0.6) is 0 Å². The summed E-state index contributed by atoms with van der Waals surface area (Å²) in [6.07, 6.45) is 7.55. The van der Waals surface area contributed by atoms with Crippen molar-refractivity contribution in [3.8, 4) is 0 Å². The number of nitrogens with one attached hydrogen (secondary N) is 1. The van der Waals surface area contributed by atoms with Gasteiger partial charge in [-0.1, -0.05) is 0 Å². The maximum absolute atomic E-state index is 14.0. The Kier molecular flexibility index (Phi) is 8.61. The van der Waals surface area contributed by atoms with Crippen LogP contribution in [0.2, 0.25) is 0 Å². The van der Waals surface area contributed by atoms with Crippen molar-refractivity contribution in [3.63, 3.8) is 0 Å². The van der Waals surface area contributed by atoms with Gasteiger partial charge in [-0.3, -0.25) is 24.0 Å². The molecule has 6 aliphatic rings. The van der Waals surface area contributed by atoms with E-state index >= 15 is 0 Å². The number of amides is 5. The molecule has 0 aromatic carbocycles. The van der Waals surface area contributed by atoms with Crippen molar-refractivity contribution >= 4 is 35.5 Å². The highest BCUT2D eigenvalue weighted by Gasteiger charge is 2.49. The number of hydrogen-bond acceptors (Lipinski definition) is 7. The Morgan fingerprint density at radius 1 is 0.442 bits per heavy atom. The van der Waals surface area contributed by atoms with Gasteiger partial charge in [0.2, 0.25) is 29.5 Å². The van der Waals surface area contributed by atoms with Gasteiger partial charge >= 0.3 is 5.97 Å². The Labute approximate surface area is 251 Å². The number of hydrogen-bond donors (Lipinski definition) is 2. The lowest BCUT2D eigenvalue weighted by Crippen LogP contribution is -2.58. The fourth-order valence-corrected chi connectivity index (χ4v) is 8.30. The van der Waals surface area contributed by atoms with Crippen LogP contribution >= 0.6 is 0 Å². The molecule has 0 radical (unpaired) electrons. The maximum Gasteiger partial charge on any atom is 0.326 e. The number of likely N-dealkylation sites (tertiary alicyclic amines) is 5. The van der Waals surface area contributed by atoms with Gasteiger partial charge < -0.3 is 34.9 Å². The third kappa shape index (κ3) is 5.49. The summed E-state index contributed by atoms with van der Waals surface area (Å²) in [5.74, 6) is -2.04. The first-order chi connectivity index (χ1) is 20.8. The molecule has 0 aromatic rings. The monoisotopic (exact) mass is 600 g/mol. The molecule has 0 spiro atoms. The minimum absolute atomic E-state index is 0.0288. The lowest BCUT2D eigenvalue weighted by atomic mass is 10.1. The molecule has 0 aromatic heterocycles. The van der Waals surface area contributed by atoms with Crippen molar-refractivity contribution in [3.05, 3.63) is 0 Å². The predicted octanol–water partition coefficient (Wildman–Crippen LogP) is -0.222. The van der Waals surface area contributed by atoms with Crippen molar-refractivity contribution in [2.24, 2.45) is 0 Å². The lowest BCUT2D eigenvalue weighted by Gasteiger charge is -2.36. The van der Waals surface area contributed by atoms with Crippen molar-refractivity contribution in [1.82, 2.24) is 29.8 Å². The zero-order chi connectivity index (χ0) is 30.2. The summed E-state index contributed by atoms with van der Waals surface area (Å²) in [4.78, 5) is 88.0. The highest BCUT2D eigenvalue weighted by molar-refractivity contribution is 5.97. The SMILES string of the molecule is O=C(O)[C@@H]1CCCN1C(=O)[C@@H]1CCCN1C(=O)[C@@H]1CCCN1C(=O)[C@@H]1CCCN1C(=O)[C@@H]1CCCN1C(=O)[C@@H]1CCCN1. The van der Waals surface area contributed by atoms with Crippen molar-refractivity contribution < 1.29 is 33.9 Å². The van der Waals surface area contributed by atoms with Crippen LogP contribution < -0.4 is 5.32 Å². The van der Waals surface area contributed by atoms with Crippen LogP contribution in [-0.2, 0) is 28.8 Å². The second kappa shape index (κ2) is 12.4. The minimum atomic E-state index is -1.02. The third-order valence-electron chi connectivity index (χ3n) is 10.5. The second-order valence-electron chi connectivity index (χ2n) is 12.9. The highest BCUT2D eigenvalue weighted by atomic mass is 16.4. The van der Waals surface area contributed by atoms with Gasteiger partial charge in [-0.2, -0.15) is 0 Å². The van der Waals surface area contributed by atoms with Crippen LogP contribution in [0.4, 0.5) is 0 Å². The van der Waals surface area contributed by atoms with Gasteiger partial charge in [-0.05, 0) is 83.6 Å². The molecule has 6 fully saturated rings. The van der Waals surface area contributed by atoms with Gasteiger partial charge in [0.05, 0.1) is 6.04 Å². The topological polar surface area (TPSA) is 151 Å². The number of carbonyl (C=O) groups excluding carboxylic acids is 5. The van der Waals surface area contributed by atoms with Crippen LogP contribution in [0, 0.1) is 0 Å². The van der Waals surface area contributed by atoms with E-state index in [2.05, 4.69) is 5.32 Å². The van der Waals surface area contributed by atoms with Crippen LogP contribution in [0.15, 0.2) is 0 Å². The quantitative estimate of drug-likeness (QED) is 0.425. The molecule has 13 nitrogen and oxygen atoms in total. The molecule has 0 saturated carbocycles. The van der Waals surface area contributed by atoms with Crippen molar-refractivity contribution in [1.29, 1.82) is 0 Å². The van der Waals surface area contributed by atoms with Gasteiger partial charge in [-0.15, -0.1) is 0 Å². The molecule has 5 amide bonds. The normalized spacial score (nSPS) is 32.7. The van der Waals surface area contributed by atoms with E-state index in [9.17, 15) is 33.9 Å². The van der Waals surface area contributed by atoms with E-state index in [0.29, 0.717) is 90.5 Å². The Bertz CT molecular complexity index is 1160. The summed E-state index contributed by atoms with van der Waals surface area (Å²) in [5, 5.41) is 12.8. The Balaban J connectivity index is 1.13. The third-order valence-corrected chi connectivity index (χ3v) is 10.5. The first kappa shape index (κ1) is 29.8. The Hall–Kier alpha value is -3.22. The average Bonchev–Trinajstić information content (AvgIpc) is 3.86. The molecule has 6 saturated heterocycles. The summed E-state index contributed by atoms with van der Waals surface area (Å²) in [7, 11) is 0. The Morgan fingerprint density at radius 2 is 0.767 bits per heavy atom. The summed E-state index contributed by atoms with van der Waals surface area (Å²) < 4.78 is 0. The lowest BCUT2D eigenvalue weighted by molar-refractivity contribution is -0.155. The molecule has 13 heteroatoms. The molecular weight excluding hydrogens is 556 g/mol. The van der Waals surface area contributed by atoms with Gasteiger partial charge in [0, 0.05) is 32.7 Å². The van der Waals surface area contributed by atoms with Gasteiger partial charge in [0.1, 0.15) is 30.2 Å². The molecule has 0 bridgehead atoms. The molecule has 43 heavy (non-hydrogen) atoms. The second-order valence-corrected chi connectivity index (χ2v) is 12.9. The molecular formula is C30H44N6O7. The zero-order valence-corrected chi connectivity index (χ0v) is 24.8. The molecule has 0 aliphatic carbocycles. The average molecular weight is 601 g/mol.